The van der Waals surface area contributed by atoms with Gasteiger partial charge in [0.25, 0.3) is 13.4 Å². The summed E-state index contributed by atoms with van der Waals surface area (Å²) in [5.41, 5.74) is 29.6. The van der Waals surface area contributed by atoms with Crippen LogP contribution in [0.5, 0.6) is 0 Å². The Balaban J connectivity index is 0.841. The molecule has 113 heavy (non-hydrogen) atoms. The van der Waals surface area contributed by atoms with Gasteiger partial charge in [-0.2, -0.15) is 0 Å². The van der Waals surface area contributed by atoms with Crippen molar-refractivity contribution in [1.29, 1.82) is 0 Å². The zero-order valence-electron chi connectivity index (χ0n) is 61.0. The maximum Gasteiger partial charge on any atom is 0.252 e. The Kier molecular flexibility index (Phi) is 14.5. The van der Waals surface area contributed by atoms with Crippen LogP contribution >= 0.6 is 34.0 Å². The van der Waals surface area contributed by atoms with E-state index in [1.807, 2.05) is 34.0 Å². The van der Waals surface area contributed by atoms with Crippen molar-refractivity contribution < 1.29 is 0 Å². The number of thiophene rings is 3. The Hall–Kier alpha value is -13.7. The van der Waals surface area contributed by atoms with Gasteiger partial charge in [-0.25, -0.2) is 0 Å². The first kappa shape index (κ1) is 64.2. The normalized spacial score (nSPS) is 13.0. The van der Waals surface area contributed by atoms with Crippen molar-refractivity contribution in [2.75, 3.05) is 29.4 Å². The number of anilines is 18. The van der Waals surface area contributed by atoms with Crippen LogP contribution in [0.4, 0.5) is 102 Å². The van der Waals surface area contributed by atoms with Crippen LogP contribution in [0.1, 0.15) is 0 Å². The van der Waals surface area contributed by atoms with Crippen LogP contribution in [0.15, 0.2) is 388 Å². The molecule has 0 N–H and O–H groups in total. The van der Waals surface area contributed by atoms with Crippen LogP contribution in [0.2, 0.25) is 0 Å². The van der Waals surface area contributed by atoms with Crippen LogP contribution in [0.25, 0.3) is 71.6 Å². The van der Waals surface area contributed by atoms with E-state index in [1.54, 1.807) is 0 Å². The predicted octanol–water partition coefficient (Wildman–Crippen LogP) is 25.6. The van der Waals surface area contributed by atoms with Crippen LogP contribution in [0, 0.1) is 0 Å². The van der Waals surface area contributed by atoms with Gasteiger partial charge in [-0.1, -0.05) is 249 Å². The summed E-state index contributed by atoms with van der Waals surface area (Å²) in [4.78, 5) is 15.6. The third-order valence-electron chi connectivity index (χ3n) is 23.7. The fraction of sp³-hybridized carbons (Fsp3) is 0. The number of para-hydroxylation sites is 7. The molecule has 17 aromatic carbocycles. The molecule has 0 radical (unpaired) electrons. The Morgan fingerprint density at radius 3 is 1.23 bits per heavy atom. The number of rotatable bonds is 11. The molecule has 0 unspecified atom stereocenters. The molecule has 0 amide bonds. The first-order valence-corrected chi connectivity index (χ1v) is 41.1. The maximum atomic E-state index is 2.69. The second kappa shape index (κ2) is 25.4. The molecular weight excluding hydrogens is 1430 g/mol. The summed E-state index contributed by atoms with van der Waals surface area (Å²) in [5.74, 6) is 0. The second-order valence-electron chi connectivity index (χ2n) is 29.7. The third-order valence-corrected chi connectivity index (χ3v) is 27.3. The SMILES string of the molecule is c1ccc(-c2ccccc2N2c3cc4c(cc3B3c5ccccc5N(c5cccc6sc7ccccc7c56)c5cc(N(c6ccccc6)c6ccccc6)cc2c53)B2c3ccccc3N(c3cccc5c3sc3ccccc35)c3cc(N(c5ccccc5)c5cccc6c5sc5ccccc56)cc(c32)N4c2ccccc2)cc1. The van der Waals surface area contributed by atoms with E-state index in [-0.39, 0.29) is 13.4 Å². The molecule has 0 bridgehead atoms. The fourth-order valence-electron chi connectivity index (χ4n) is 19.1. The highest BCUT2D eigenvalue weighted by Gasteiger charge is 2.50. The summed E-state index contributed by atoms with van der Waals surface area (Å²) in [7, 11) is 0. The zero-order chi connectivity index (χ0) is 73.9. The minimum atomic E-state index is -0.257. The number of hydrogen-bond acceptors (Lipinski definition) is 9. The molecule has 7 heterocycles. The lowest BCUT2D eigenvalue weighted by Gasteiger charge is -2.48. The van der Waals surface area contributed by atoms with Gasteiger partial charge in [-0.15, -0.1) is 34.0 Å². The van der Waals surface area contributed by atoms with Crippen molar-refractivity contribution in [1.82, 2.24) is 0 Å². The smallest absolute Gasteiger partial charge is 0.252 e. The van der Waals surface area contributed by atoms with Crippen molar-refractivity contribution in [3.05, 3.63) is 388 Å². The average Bonchev–Trinajstić information content (AvgIpc) is 1.29. The molecule has 0 saturated carbocycles. The summed E-state index contributed by atoms with van der Waals surface area (Å²) in [6.45, 7) is -0.509. The van der Waals surface area contributed by atoms with Gasteiger partial charge in [0.05, 0.1) is 43.5 Å². The van der Waals surface area contributed by atoms with Gasteiger partial charge in [0.1, 0.15) is 0 Å². The average molecular weight is 1490 g/mol. The molecule has 0 spiro atoms. The summed E-state index contributed by atoms with van der Waals surface area (Å²) >= 11 is 5.63. The number of hydrogen-bond donors (Lipinski definition) is 0. The summed E-state index contributed by atoms with van der Waals surface area (Å²) in [5, 5.41) is 7.53. The number of fused-ring (bicyclic) bond motifs is 17. The van der Waals surface area contributed by atoms with Crippen molar-refractivity contribution in [2.24, 2.45) is 0 Å². The topological polar surface area (TPSA) is 19.4 Å². The predicted molar refractivity (Wildman–Crippen MR) is 488 cm³/mol. The Morgan fingerprint density at radius 1 is 0.221 bits per heavy atom. The van der Waals surface area contributed by atoms with E-state index in [1.165, 1.54) is 93.3 Å². The van der Waals surface area contributed by atoms with E-state index < -0.39 is 0 Å². The van der Waals surface area contributed by atoms with Crippen LogP contribution in [0.3, 0.4) is 0 Å². The van der Waals surface area contributed by atoms with Gasteiger partial charge in [0.15, 0.2) is 0 Å². The van der Waals surface area contributed by atoms with Gasteiger partial charge in [0.2, 0.25) is 0 Å². The third kappa shape index (κ3) is 9.72. The lowest BCUT2D eigenvalue weighted by Crippen LogP contribution is -2.65. The molecule has 4 aliphatic heterocycles. The molecule has 6 nitrogen and oxygen atoms in total. The molecule has 24 rings (SSSR count). The van der Waals surface area contributed by atoms with Gasteiger partial charge in [0, 0.05) is 125 Å². The number of nitrogens with zero attached hydrogens (tertiary/aromatic N) is 6. The summed E-state index contributed by atoms with van der Waals surface area (Å²) < 4.78 is 7.54. The molecule has 4 aliphatic rings. The standard InChI is InChI=1S/C102H64B2N6S3/c1-6-31-65(32-7-1)72-41-16-22-49-82(72)108-89-64-88-80(63-81(89)104-78-47-20-23-50-83(78)109(85-52-30-58-97-98(85)77-44-19-27-57-96(77)111-97)92-60-70(59-91(108)100(92)104)105(66-33-8-2-9-34-66)67-35-10-3-11-36-67)103-79-48-21-24-51-84(79)110(87-54-29-46-76-74-43-18-26-56-95(74)113-102(76)87)93-62-71(61-90(99(93)103)107(88)69-39-14-5-15-40-69)106(68-37-12-4-13-38-68)86-53-28-45-75-73-42-17-25-55-94(73)112-101(75)86/h1-64H. The van der Waals surface area contributed by atoms with Crippen molar-refractivity contribution >= 4 is 243 Å². The molecule has 0 fully saturated rings. The van der Waals surface area contributed by atoms with Crippen LogP contribution < -0.4 is 62.2 Å². The zero-order valence-corrected chi connectivity index (χ0v) is 63.5. The van der Waals surface area contributed by atoms with Crippen LogP contribution in [-0.4, -0.2) is 13.4 Å². The van der Waals surface area contributed by atoms with E-state index in [4.69, 9.17) is 0 Å². The van der Waals surface area contributed by atoms with E-state index in [9.17, 15) is 0 Å². The molecular formula is C102H64B2N6S3. The van der Waals surface area contributed by atoms with Crippen molar-refractivity contribution in [3.63, 3.8) is 0 Å². The summed E-state index contributed by atoms with van der Waals surface area (Å²) in [6, 6.07) is 146. The maximum absolute atomic E-state index is 2.69. The van der Waals surface area contributed by atoms with E-state index in [2.05, 4.69) is 418 Å². The molecule has 3 aromatic heterocycles. The van der Waals surface area contributed by atoms with Crippen molar-refractivity contribution in [2.45, 2.75) is 0 Å². The van der Waals surface area contributed by atoms with Crippen molar-refractivity contribution in [3.8, 4) is 11.1 Å². The monoisotopic (exact) mass is 1490 g/mol. The minimum Gasteiger partial charge on any atom is -0.311 e. The summed E-state index contributed by atoms with van der Waals surface area (Å²) in [6.07, 6.45) is 0. The van der Waals surface area contributed by atoms with Gasteiger partial charge >= 0.3 is 0 Å². The second-order valence-corrected chi connectivity index (χ2v) is 32.9. The number of benzene rings is 17. The van der Waals surface area contributed by atoms with Gasteiger partial charge in [-0.3, -0.25) is 0 Å². The van der Waals surface area contributed by atoms with E-state index >= 15 is 0 Å². The quantitative estimate of drug-likeness (QED) is 0.119. The molecule has 0 saturated heterocycles. The Morgan fingerprint density at radius 2 is 0.619 bits per heavy atom. The van der Waals surface area contributed by atoms with Crippen LogP contribution in [-0.2, 0) is 0 Å². The lowest BCUT2D eigenvalue weighted by molar-refractivity contribution is 1.22. The molecule has 11 heteroatoms. The Labute approximate surface area is 666 Å². The first-order chi connectivity index (χ1) is 56.1. The van der Waals surface area contributed by atoms with E-state index in [0.29, 0.717) is 0 Å². The van der Waals surface area contributed by atoms with Gasteiger partial charge < -0.3 is 29.4 Å². The molecule has 20 aromatic rings. The molecule has 526 valence electrons. The fourth-order valence-corrected chi connectivity index (χ4v) is 22.7. The van der Waals surface area contributed by atoms with Gasteiger partial charge in [-0.05, 0) is 178 Å². The first-order valence-electron chi connectivity index (χ1n) is 38.7. The van der Waals surface area contributed by atoms with E-state index in [0.717, 1.165) is 113 Å². The molecule has 0 aliphatic carbocycles. The minimum absolute atomic E-state index is 0.252. The lowest BCUT2D eigenvalue weighted by atomic mass is 9.30. The molecule has 0 atom stereocenters. The largest absolute Gasteiger partial charge is 0.311 e. The highest BCUT2D eigenvalue weighted by Crippen LogP contribution is 2.57. The highest BCUT2D eigenvalue weighted by molar-refractivity contribution is 7.27. The Bertz CT molecular complexity index is 7230. The highest BCUT2D eigenvalue weighted by atomic mass is 32.1.